The van der Waals surface area contributed by atoms with Crippen LogP contribution >= 0.6 is 0 Å². The van der Waals surface area contributed by atoms with Crippen molar-refractivity contribution in [1.29, 1.82) is 0 Å². The van der Waals surface area contributed by atoms with Crippen molar-refractivity contribution in [2.75, 3.05) is 12.4 Å². The SMILES string of the molecule is CNc1cc(S(=O)(=O)NC(C)c2ccc(F)cc2)ccn1. The Balaban J connectivity index is 2.22. The van der Waals surface area contributed by atoms with Crippen LogP contribution in [0.2, 0.25) is 0 Å². The van der Waals surface area contributed by atoms with E-state index in [-0.39, 0.29) is 10.7 Å². The molecule has 0 aliphatic heterocycles. The monoisotopic (exact) mass is 309 g/mol. The van der Waals surface area contributed by atoms with Gasteiger partial charge in [0.1, 0.15) is 11.6 Å². The van der Waals surface area contributed by atoms with Crippen LogP contribution in [0.4, 0.5) is 10.2 Å². The number of aromatic nitrogens is 1. The second-order valence-electron chi connectivity index (χ2n) is 4.52. The third-order valence-corrected chi connectivity index (χ3v) is 4.54. The van der Waals surface area contributed by atoms with Gasteiger partial charge in [-0.3, -0.25) is 0 Å². The van der Waals surface area contributed by atoms with E-state index >= 15 is 0 Å². The maximum atomic E-state index is 12.9. The normalized spacial score (nSPS) is 12.9. The summed E-state index contributed by atoms with van der Waals surface area (Å²) in [6, 6.07) is 8.08. The second-order valence-corrected chi connectivity index (χ2v) is 6.24. The summed E-state index contributed by atoms with van der Waals surface area (Å²) >= 11 is 0. The number of sulfonamides is 1. The molecule has 0 bridgehead atoms. The zero-order chi connectivity index (χ0) is 15.5. The molecule has 0 saturated heterocycles. The van der Waals surface area contributed by atoms with E-state index < -0.39 is 16.1 Å². The Morgan fingerprint density at radius 1 is 1.19 bits per heavy atom. The second kappa shape index (κ2) is 6.19. The number of halogens is 1. The highest BCUT2D eigenvalue weighted by molar-refractivity contribution is 7.89. The summed E-state index contributed by atoms with van der Waals surface area (Å²) in [5.41, 5.74) is 0.683. The van der Waals surface area contributed by atoms with E-state index in [4.69, 9.17) is 0 Å². The molecule has 2 rings (SSSR count). The van der Waals surface area contributed by atoms with Gasteiger partial charge in [-0.25, -0.2) is 22.5 Å². The quantitative estimate of drug-likeness (QED) is 0.889. The number of hydrogen-bond acceptors (Lipinski definition) is 4. The molecule has 0 aliphatic rings. The van der Waals surface area contributed by atoms with Gasteiger partial charge in [-0.15, -0.1) is 0 Å². The number of nitrogens with one attached hydrogen (secondary N) is 2. The third kappa shape index (κ3) is 3.77. The fourth-order valence-electron chi connectivity index (χ4n) is 1.84. The summed E-state index contributed by atoms with van der Waals surface area (Å²) < 4.78 is 40.1. The zero-order valence-corrected chi connectivity index (χ0v) is 12.5. The summed E-state index contributed by atoms with van der Waals surface area (Å²) in [6.45, 7) is 1.70. The lowest BCUT2D eigenvalue weighted by atomic mass is 10.1. The maximum Gasteiger partial charge on any atom is 0.241 e. The van der Waals surface area contributed by atoms with Gasteiger partial charge in [0, 0.05) is 25.4 Å². The van der Waals surface area contributed by atoms with Crippen LogP contribution in [0.1, 0.15) is 18.5 Å². The fourth-order valence-corrected chi connectivity index (χ4v) is 3.08. The molecule has 5 nitrogen and oxygen atoms in total. The minimum Gasteiger partial charge on any atom is -0.373 e. The van der Waals surface area contributed by atoms with Crippen molar-refractivity contribution in [2.45, 2.75) is 17.9 Å². The van der Waals surface area contributed by atoms with Gasteiger partial charge >= 0.3 is 0 Å². The minimum atomic E-state index is -3.67. The summed E-state index contributed by atoms with van der Waals surface area (Å²) in [4.78, 5) is 4.09. The lowest BCUT2D eigenvalue weighted by molar-refractivity contribution is 0.566. The molecule has 0 amide bonds. The van der Waals surface area contributed by atoms with Gasteiger partial charge in [0.25, 0.3) is 0 Å². The summed E-state index contributed by atoms with van der Waals surface area (Å²) in [7, 11) is -2.01. The molecular formula is C14H16FN3O2S. The highest BCUT2D eigenvalue weighted by Crippen LogP contribution is 2.18. The van der Waals surface area contributed by atoms with Crippen molar-refractivity contribution in [1.82, 2.24) is 9.71 Å². The number of pyridine rings is 1. The van der Waals surface area contributed by atoms with E-state index in [1.807, 2.05) is 0 Å². The van der Waals surface area contributed by atoms with Gasteiger partial charge in [0.05, 0.1) is 4.90 Å². The largest absolute Gasteiger partial charge is 0.373 e. The number of anilines is 1. The van der Waals surface area contributed by atoms with Gasteiger partial charge in [0.15, 0.2) is 0 Å². The van der Waals surface area contributed by atoms with Crippen molar-refractivity contribution in [3.05, 3.63) is 54.0 Å². The molecule has 1 heterocycles. The van der Waals surface area contributed by atoms with Crippen molar-refractivity contribution >= 4 is 15.8 Å². The molecule has 0 aliphatic carbocycles. The van der Waals surface area contributed by atoms with Gasteiger partial charge in [0.2, 0.25) is 10.0 Å². The average molecular weight is 309 g/mol. The number of hydrogen-bond donors (Lipinski definition) is 2. The first-order chi connectivity index (χ1) is 9.92. The molecule has 0 fully saturated rings. The number of benzene rings is 1. The van der Waals surface area contributed by atoms with Crippen LogP contribution in [0.25, 0.3) is 0 Å². The standard InChI is InChI=1S/C14H16FN3O2S/c1-10(11-3-5-12(15)6-4-11)18-21(19,20)13-7-8-17-14(9-13)16-2/h3-10,18H,1-2H3,(H,16,17). The van der Waals surface area contributed by atoms with E-state index in [0.29, 0.717) is 11.4 Å². The minimum absolute atomic E-state index is 0.121. The molecule has 0 radical (unpaired) electrons. The van der Waals surface area contributed by atoms with Gasteiger partial charge in [-0.1, -0.05) is 12.1 Å². The van der Waals surface area contributed by atoms with Crippen LogP contribution in [0.3, 0.4) is 0 Å². The smallest absolute Gasteiger partial charge is 0.241 e. The van der Waals surface area contributed by atoms with Crippen molar-refractivity contribution in [2.24, 2.45) is 0 Å². The van der Waals surface area contributed by atoms with Crippen molar-refractivity contribution < 1.29 is 12.8 Å². The highest BCUT2D eigenvalue weighted by atomic mass is 32.2. The van der Waals surface area contributed by atoms with Crippen molar-refractivity contribution in [3.63, 3.8) is 0 Å². The lowest BCUT2D eigenvalue weighted by Gasteiger charge is -2.15. The summed E-state index contributed by atoms with van der Waals surface area (Å²) in [5, 5.41) is 2.79. The Labute approximate surface area is 123 Å². The molecule has 112 valence electrons. The van der Waals surface area contributed by atoms with Crippen LogP contribution in [0.15, 0.2) is 47.5 Å². The van der Waals surface area contributed by atoms with Crippen LogP contribution in [-0.2, 0) is 10.0 Å². The molecule has 0 spiro atoms. The zero-order valence-electron chi connectivity index (χ0n) is 11.7. The Kier molecular flexibility index (Phi) is 4.54. The summed E-state index contributed by atoms with van der Waals surface area (Å²) in [5.74, 6) is 0.105. The molecule has 0 saturated carbocycles. The number of nitrogens with zero attached hydrogens (tertiary/aromatic N) is 1. The average Bonchev–Trinajstić information content (AvgIpc) is 2.47. The first kappa shape index (κ1) is 15.4. The van der Waals surface area contributed by atoms with E-state index in [2.05, 4.69) is 15.0 Å². The molecular weight excluding hydrogens is 293 g/mol. The Morgan fingerprint density at radius 2 is 1.86 bits per heavy atom. The van der Waals surface area contributed by atoms with Gasteiger partial charge in [-0.2, -0.15) is 0 Å². The fraction of sp³-hybridized carbons (Fsp3) is 0.214. The molecule has 21 heavy (non-hydrogen) atoms. The third-order valence-electron chi connectivity index (χ3n) is 3.00. The Hall–Kier alpha value is -1.99. The highest BCUT2D eigenvalue weighted by Gasteiger charge is 2.19. The molecule has 1 aromatic carbocycles. The van der Waals surface area contributed by atoms with Gasteiger partial charge < -0.3 is 5.32 Å². The molecule has 1 aromatic heterocycles. The van der Waals surface area contributed by atoms with Gasteiger partial charge in [-0.05, 0) is 30.7 Å². The molecule has 2 aromatic rings. The number of rotatable bonds is 5. The summed E-state index contributed by atoms with van der Waals surface area (Å²) in [6.07, 6.45) is 1.42. The van der Waals surface area contributed by atoms with Crippen LogP contribution in [0, 0.1) is 5.82 Å². The van der Waals surface area contributed by atoms with E-state index in [0.717, 1.165) is 0 Å². The predicted molar refractivity (Wildman–Crippen MR) is 78.9 cm³/mol. The Bertz CT molecular complexity index is 717. The van der Waals surface area contributed by atoms with Crippen molar-refractivity contribution in [3.8, 4) is 0 Å². The molecule has 2 N–H and O–H groups in total. The van der Waals surface area contributed by atoms with Crippen LogP contribution in [-0.4, -0.2) is 20.4 Å². The topological polar surface area (TPSA) is 71.1 Å². The van der Waals surface area contributed by atoms with E-state index in [1.54, 1.807) is 26.1 Å². The lowest BCUT2D eigenvalue weighted by Crippen LogP contribution is -2.27. The van der Waals surface area contributed by atoms with E-state index in [9.17, 15) is 12.8 Å². The predicted octanol–water partition coefficient (Wildman–Crippen LogP) is 2.30. The first-order valence-electron chi connectivity index (χ1n) is 6.34. The first-order valence-corrected chi connectivity index (χ1v) is 7.82. The van der Waals surface area contributed by atoms with Crippen LogP contribution < -0.4 is 10.0 Å². The Morgan fingerprint density at radius 3 is 2.48 bits per heavy atom. The molecule has 1 unspecified atom stereocenters. The maximum absolute atomic E-state index is 12.9. The molecule has 7 heteroatoms. The van der Waals surface area contributed by atoms with E-state index in [1.165, 1.54) is 30.5 Å². The van der Waals surface area contributed by atoms with Crippen LogP contribution in [0.5, 0.6) is 0 Å². The molecule has 1 atom stereocenters.